The maximum Gasteiger partial charge on any atom is 0.282 e. The summed E-state index contributed by atoms with van der Waals surface area (Å²) in [5.74, 6) is 0.237. The molecule has 0 radical (unpaired) electrons. The minimum absolute atomic E-state index is 0.0882. The zero-order valence-electron chi connectivity index (χ0n) is 10.4. The molecule has 2 rings (SSSR count). The lowest BCUT2D eigenvalue weighted by molar-refractivity contribution is 0.0937. The third kappa shape index (κ3) is 3.01. The Hall–Kier alpha value is -1.01. The van der Waals surface area contributed by atoms with Crippen molar-refractivity contribution in [2.24, 2.45) is 0 Å². The van der Waals surface area contributed by atoms with Crippen molar-refractivity contribution in [2.75, 3.05) is 20.1 Å². The van der Waals surface area contributed by atoms with E-state index in [9.17, 15) is 4.79 Å². The van der Waals surface area contributed by atoms with Crippen LogP contribution in [0.1, 0.15) is 41.0 Å². The molecule has 1 aromatic rings. The molecule has 0 saturated carbocycles. The molecule has 1 aliphatic heterocycles. The van der Waals surface area contributed by atoms with Crippen LogP contribution in [0.25, 0.3) is 0 Å². The fourth-order valence-corrected chi connectivity index (χ4v) is 2.61. The lowest BCUT2D eigenvalue weighted by Crippen LogP contribution is -2.36. The van der Waals surface area contributed by atoms with Crippen molar-refractivity contribution in [3.63, 3.8) is 0 Å². The van der Waals surface area contributed by atoms with Crippen LogP contribution in [-0.4, -0.2) is 47.2 Å². The highest BCUT2D eigenvalue weighted by molar-refractivity contribution is 7.13. The van der Waals surface area contributed by atoms with Gasteiger partial charge in [0.2, 0.25) is 5.01 Å². The van der Waals surface area contributed by atoms with Crippen LogP contribution in [0.2, 0.25) is 0 Å². The van der Waals surface area contributed by atoms with E-state index < -0.39 is 0 Å². The van der Waals surface area contributed by atoms with Crippen LogP contribution in [0.4, 0.5) is 0 Å². The molecule has 94 valence electrons. The summed E-state index contributed by atoms with van der Waals surface area (Å²) >= 11 is 1.39. The largest absolute Gasteiger partial charge is 0.346 e. The van der Waals surface area contributed by atoms with E-state index in [1.165, 1.54) is 11.3 Å². The molecule has 1 N–H and O–H groups in total. The first-order valence-electron chi connectivity index (χ1n) is 5.89. The van der Waals surface area contributed by atoms with Gasteiger partial charge in [-0.1, -0.05) is 25.2 Å². The van der Waals surface area contributed by atoms with E-state index in [0.29, 0.717) is 10.9 Å². The Morgan fingerprint density at radius 1 is 1.53 bits per heavy atom. The Bertz CT molecular complexity index is 404. The molecule has 2 heterocycles. The number of rotatable bonds is 3. The number of amides is 1. The number of carbonyl (C=O) groups is 1. The van der Waals surface area contributed by atoms with Crippen LogP contribution < -0.4 is 5.32 Å². The lowest BCUT2D eigenvalue weighted by atomic mass is 10.2. The number of nitrogens with zero attached hydrogens (tertiary/aromatic N) is 3. The van der Waals surface area contributed by atoms with E-state index in [1.54, 1.807) is 0 Å². The van der Waals surface area contributed by atoms with Crippen molar-refractivity contribution in [1.82, 2.24) is 20.4 Å². The molecule has 1 fully saturated rings. The van der Waals surface area contributed by atoms with Gasteiger partial charge in [-0.2, -0.15) is 0 Å². The summed E-state index contributed by atoms with van der Waals surface area (Å²) in [6, 6.07) is 0.249. The predicted octanol–water partition coefficient (Wildman–Crippen LogP) is 1.10. The van der Waals surface area contributed by atoms with Crippen LogP contribution in [-0.2, 0) is 0 Å². The highest BCUT2D eigenvalue weighted by Crippen LogP contribution is 2.19. The second-order valence-corrected chi connectivity index (χ2v) is 5.83. The topological polar surface area (TPSA) is 58.1 Å². The van der Waals surface area contributed by atoms with Crippen LogP contribution in [0, 0.1) is 0 Å². The summed E-state index contributed by atoms with van der Waals surface area (Å²) in [6.45, 7) is 6.06. The van der Waals surface area contributed by atoms with Crippen molar-refractivity contribution in [3.8, 4) is 0 Å². The smallest absolute Gasteiger partial charge is 0.282 e. The first kappa shape index (κ1) is 12.4. The maximum absolute atomic E-state index is 11.9. The number of hydrogen-bond donors (Lipinski definition) is 1. The molecule has 5 nitrogen and oxygen atoms in total. The molecule has 17 heavy (non-hydrogen) atoms. The molecule has 1 saturated heterocycles. The Morgan fingerprint density at radius 3 is 2.82 bits per heavy atom. The van der Waals surface area contributed by atoms with Crippen LogP contribution in [0.5, 0.6) is 0 Å². The fraction of sp³-hybridized carbons (Fsp3) is 0.727. The van der Waals surface area contributed by atoms with E-state index in [-0.39, 0.29) is 11.9 Å². The molecular formula is C11H18N4OS. The van der Waals surface area contributed by atoms with Gasteiger partial charge in [0, 0.05) is 18.5 Å². The highest BCUT2D eigenvalue weighted by atomic mass is 32.1. The average Bonchev–Trinajstić information content (AvgIpc) is 2.86. The quantitative estimate of drug-likeness (QED) is 0.877. The first-order valence-corrected chi connectivity index (χ1v) is 6.70. The highest BCUT2D eigenvalue weighted by Gasteiger charge is 2.23. The number of hydrogen-bond acceptors (Lipinski definition) is 5. The molecule has 0 unspecified atom stereocenters. The van der Waals surface area contributed by atoms with Gasteiger partial charge in [-0.25, -0.2) is 0 Å². The Labute approximate surface area is 105 Å². The zero-order chi connectivity index (χ0) is 12.4. The third-order valence-corrected chi connectivity index (χ3v) is 4.08. The number of likely N-dealkylation sites (N-methyl/N-ethyl adjacent to an activating group) is 1. The number of aromatic nitrogens is 2. The van der Waals surface area contributed by atoms with Crippen LogP contribution in [0.3, 0.4) is 0 Å². The maximum atomic E-state index is 11.9. The third-order valence-electron chi connectivity index (χ3n) is 2.86. The van der Waals surface area contributed by atoms with E-state index in [4.69, 9.17) is 0 Å². The zero-order valence-corrected chi connectivity index (χ0v) is 11.3. The van der Waals surface area contributed by atoms with Gasteiger partial charge < -0.3 is 10.2 Å². The van der Waals surface area contributed by atoms with Gasteiger partial charge in [0.05, 0.1) is 0 Å². The Morgan fingerprint density at radius 2 is 2.29 bits per heavy atom. The molecule has 1 aromatic heterocycles. The fourth-order valence-electron chi connectivity index (χ4n) is 1.86. The van der Waals surface area contributed by atoms with Crippen molar-refractivity contribution in [1.29, 1.82) is 0 Å². The molecule has 1 atom stereocenters. The number of carbonyl (C=O) groups excluding carboxylic acids is 1. The predicted molar refractivity (Wildman–Crippen MR) is 67.4 cm³/mol. The first-order chi connectivity index (χ1) is 8.06. The number of nitrogens with one attached hydrogen (secondary N) is 1. The standard InChI is InChI=1S/C11H18N4OS/c1-7(2)10-13-14-11(17-10)9(16)12-8-4-5-15(3)6-8/h7-8H,4-6H2,1-3H3,(H,12,16)/t8-/m1/s1. The van der Waals surface area contributed by atoms with Gasteiger partial charge in [-0.15, -0.1) is 10.2 Å². The second kappa shape index (κ2) is 5.10. The van der Waals surface area contributed by atoms with Gasteiger partial charge >= 0.3 is 0 Å². The van der Waals surface area contributed by atoms with Crippen molar-refractivity contribution in [3.05, 3.63) is 10.0 Å². The molecule has 1 amide bonds. The average molecular weight is 254 g/mol. The normalized spacial score (nSPS) is 21.1. The van der Waals surface area contributed by atoms with Crippen molar-refractivity contribution in [2.45, 2.75) is 32.2 Å². The molecule has 0 aromatic carbocycles. The van der Waals surface area contributed by atoms with Crippen LogP contribution >= 0.6 is 11.3 Å². The van der Waals surface area contributed by atoms with Gasteiger partial charge in [0.1, 0.15) is 5.01 Å². The molecule has 1 aliphatic rings. The van der Waals surface area contributed by atoms with Crippen molar-refractivity contribution >= 4 is 17.2 Å². The van der Waals surface area contributed by atoms with Crippen molar-refractivity contribution < 1.29 is 4.79 Å². The van der Waals surface area contributed by atoms with Gasteiger partial charge in [0.15, 0.2) is 0 Å². The Kier molecular flexibility index (Phi) is 3.73. The monoisotopic (exact) mass is 254 g/mol. The molecule has 0 spiro atoms. The lowest BCUT2D eigenvalue weighted by Gasteiger charge is -2.11. The summed E-state index contributed by atoms with van der Waals surface area (Å²) in [6.07, 6.45) is 1.01. The van der Waals surface area contributed by atoms with Crippen LogP contribution in [0.15, 0.2) is 0 Å². The summed E-state index contributed by atoms with van der Waals surface area (Å²) < 4.78 is 0. The minimum atomic E-state index is -0.0882. The molecule has 6 heteroatoms. The second-order valence-electron chi connectivity index (χ2n) is 4.82. The molecule has 0 aliphatic carbocycles. The Balaban J connectivity index is 1.95. The van der Waals surface area contributed by atoms with Gasteiger partial charge in [0.25, 0.3) is 5.91 Å². The minimum Gasteiger partial charge on any atom is -0.346 e. The van der Waals surface area contributed by atoms with E-state index in [2.05, 4.69) is 27.5 Å². The summed E-state index contributed by atoms with van der Waals surface area (Å²) in [5.41, 5.74) is 0. The molecular weight excluding hydrogens is 236 g/mol. The van der Waals surface area contributed by atoms with E-state index in [1.807, 2.05) is 13.8 Å². The molecule has 0 bridgehead atoms. The van der Waals surface area contributed by atoms with Gasteiger partial charge in [-0.3, -0.25) is 4.79 Å². The van der Waals surface area contributed by atoms with Gasteiger partial charge in [-0.05, 0) is 20.0 Å². The number of likely N-dealkylation sites (tertiary alicyclic amines) is 1. The summed E-state index contributed by atoms with van der Waals surface area (Å²) in [7, 11) is 2.06. The van der Waals surface area contributed by atoms with E-state index >= 15 is 0 Å². The summed E-state index contributed by atoms with van der Waals surface area (Å²) in [4.78, 5) is 14.1. The summed E-state index contributed by atoms with van der Waals surface area (Å²) in [5, 5.41) is 12.4. The van der Waals surface area contributed by atoms with E-state index in [0.717, 1.165) is 24.5 Å². The SMILES string of the molecule is CC(C)c1nnc(C(=O)N[C@@H]2CCN(C)C2)s1.